The molecule has 6 heteroatoms. The van der Waals surface area contributed by atoms with Crippen molar-refractivity contribution in [2.24, 2.45) is 5.10 Å². The molecule has 0 aliphatic carbocycles. The van der Waals surface area contributed by atoms with Crippen molar-refractivity contribution in [2.75, 3.05) is 12.5 Å². The van der Waals surface area contributed by atoms with Crippen LogP contribution in [0.1, 0.15) is 21.6 Å². The predicted octanol–water partition coefficient (Wildman–Crippen LogP) is 6.46. The Morgan fingerprint density at radius 3 is 2.50 bits per heavy atom. The average molecular weight is 444 g/mol. The SMILES string of the molecule is COc1cc(/C=N/Nc2nc(-c3ccccc3)c(C)s2)ccc1OCc1ccc(C)cc1. The molecular formula is C26H25N3O2S. The van der Waals surface area contributed by atoms with Gasteiger partial charge in [-0.15, -0.1) is 11.3 Å². The molecule has 162 valence electrons. The molecule has 0 fully saturated rings. The van der Waals surface area contributed by atoms with Gasteiger partial charge in [0, 0.05) is 10.4 Å². The maximum atomic E-state index is 5.95. The Morgan fingerprint density at radius 2 is 1.75 bits per heavy atom. The Labute approximate surface area is 192 Å². The minimum atomic E-state index is 0.485. The van der Waals surface area contributed by atoms with Gasteiger partial charge in [-0.3, -0.25) is 5.43 Å². The van der Waals surface area contributed by atoms with E-state index in [4.69, 9.17) is 9.47 Å². The Kier molecular flexibility index (Phi) is 6.82. The number of benzene rings is 3. The van der Waals surface area contributed by atoms with E-state index in [0.29, 0.717) is 18.1 Å². The Bertz CT molecular complexity index is 1200. The van der Waals surface area contributed by atoms with E-state index in [9.17, 15) is 0 Å². The third-order valence-electron chi connectivity index (χ3n) is 4.92. The second kappa shape index (κ2) is 10.1. The van der Waals surface area contributed by atoms with Gasteiger partial charge in [0.1, 0.15) is 6.61 Å². The Hall–Kier alpha value is -3.64. The molecule has 0 saturated carbocycles. The molecule has 5 nitrogen and oxygen atoms in total. The minimum absolute atomic E-state index is 0.485. The zero-order valence-electron chi connectivity index (χ0n) is 18.3. The number of methoxy groups -OCH3 is 1. The van der Waals surface area contributed by atoms with Gasteiger partial charge in [-0.25, -0.2) is 4.98 Å². The summed E-state index contributed by atoms with van der Waals surface area (Å²) in [4.78, 5) is 5.81. The van der Waals surface area contributed by atoms with Crippen molar-refractivity contribution < 1.29 is 9.47 Å². The largest absolute Gasteiger partial charge is 0.493 e. The van der Waals surface area contributed by atoms with Crippen molar-refractivity contribution in [1.82, 2.24) is 4.98 Å². The molecule has 0 radical (unpaired) electrons. The van der Waals surface area contributed by atoms with Crippen molar-refractivity contribution in [1.29, 1.82) is 0 Å². The number of nitrogens with one attached hydrogen (secondary N) is 1. The highest BCUT2D eigenvalue weighted by molar-refractivity contribution is 7.15. The molecule has 0 spiro atoms. The summed E-state index contributed by atoms with van der Waals surface area (Å²) in [5.41, 5.74) is 8.35. The number of hydrogen-bond acceptors (Lipinski definition) is 6. The van der Waals surface area contributed by atoms with Crippen LogP contribution in [-0.2, 0) is 6.61 Å². The molecule has 1 heterocycles. The van der Waals surface area contributed by atoms with Gasteiger partial charge in [-0.1, -0.05) is 60.2 Å². The second-order valence-electron chi connectivity index (χ2n) is 7.34. The van der Waals surface area contributed by atoms with Crippen LogP contribution >= 0.6 is 11.3 Å². The molecule has 0 unspecified atom stereocenters. The van der Waals surface area contributed by atoms with Crippen molar-refractivity contribution in [3.05, 3.63) is 94.4 Å². The summed E-state index contributed by atoms with van der Waals surface area (Å²) in [6.45, 7) is 4.62. The van der Waals surface area contributed by atoms with Crippen molar-refractivity contribution >= 4 is 22.7 Å². The van der Waals surface area contributed by atoms with E-state index < -0.39 is 0 Å². The van der Waals surface area contributed by atoms with Gasteiger partial charge in [-0.05, 0) is 43.2 Å². The average Bonchev–Trinajstić information content (AvgIpc) is 3.20. The first-order valence-electron chi connectivity index (χ1n) is 10.3. The van der Waals surface area contributed by atoms with Crippen LogP contribution in [0, 0.1) is 13.8 Å². The number of aryl methyl sites for hydroxylation is 2. The standard InChI is InChI=1S/C26H25N3O2S/c1-18-9-11-20(12-10-18)17-31-23-14-13-21(15-24(23)30-3)16-27-29-26-28-25(19(2)32-26)22-7-5-4-6-8-22/h4-16H,17H2,1-3H3,(H,28,29)/b27-16+. The molecule has 1 N–H and O–H groups in total. The van der Waals surface area contributed by atoms with Gasteiger partial charge in [-0.2, -0.15) is 5.10 Å². The Balaban J connectivity index is 1.40. The van der Waals surface area contributed by atoms with E-state index in [1.807, 2.05) is 36.4 Å². The Morgan fingerprint density at radius 1 is 0.969 bits per heavy atom. The number of rotatable bonds is 8. The van der Waals surface area contributed by atoms with E-state index in [1.165, 1.54) is 5.56 Å². The quantitative estimate of drug-likeness (QED) is 0.251. The van der Waals surface area contributed by atoms with E-state index in [0.717, 1.165) is 32.4 Å². The summed E-state index contributed by atoms with van der Waals surface area (Å²) >= 11 is 1.58. The zero-order valence-corrected chi connectivity index (χ0v) is 19.1. The molecule has 0 atom stereocenters. The topological polar surface area (TPSA) is 55.7 Å². The molecule has 3 aromatic carbocycles. The smallest absolute Gasteiger partial charge is 0.204 e. The number of ether oxygens (including phenoxy) is 2. The van der Waals surface area contributed by atoms with E-state index >= 15 is 0 Å². The number of aromatic nitrogens is 1. The van der Waals surface area contributed by atoms with Crippen LogP contribution in [-0.4, -0.2) is 18.3 Å². The van der Waals surface area contributed by atoms with Crippen molar-refractivity contribution in [3.63, 3.8) is 0 Å². The number of hydrogen-bond donors (Lipinski definition) is 1. The maximum absolute atomic E-state index is 5.95. The first-order chi connectivity index (χ1) is 15.6. The summed E-state index contributed by atoms with van der Waals surface area (Å²) in [6.07, 6.45) is 1.74. The van der Waals surface area contributed by atoms with Crippen LogP contribution in [0.15, 0.2) is 77.9 Å². The number of hydrazone groups is 1. The van der Waals surface area contributed by atoms with Gasteiger partial charge >= 0.3 is 0 Å². The monoisotopic (exact) mass is 443 g/mol. The summed E-state index contributed by atoms with van der Waals surface area (Å²) < 4.78 is 11.5. The molecule has 4 rings (SSSR count). The summed E-state index contributed by atoms with van der Waals surface area (Å²) in [7, 11) is 1.64. The van der Waals surface area contributed by atoms with Gasteiger partial charge < -0.3 is 9.47 Å². The van der Waals surface area contributed by atoms with Crippen LogP contribution in [0.3, 0.4) is 0 Å². The van der Waals surface area contributed by atoms with E-state index in [-0.39, 0.29) is 0 Å². The third kappa shape index (κ3) is 5.34. The van der Waals surface area contributed by atoms with Crippen molar-refractivity contribution in [2.45, 2.75) is 20.5 Å². The zero-order chi connectivity index (χ0) is 22.3. The normalized spacial score (nSPS) is 11.0. The lowest BCUT2D eigenvalue weighted by molar-refractivity contribution is 0.284. The molecule has 0 amide bonds. The number of anilines is 1. The van der Waals surface area contributed by atoms with Gasteiger partial charge in [0.25, 0.3) is 0 Å². The fourth-order valence-corrected chi connectivity index (χ4v) is 3.98. The number of nitrogens with zero attached hydrogens (tertiary/aromatic N) is 2. The van der Waals surface area contributed by atoms with E-state index in [2.05, 4.69) is 65.8 Å². The molecule has 0 aliphatic heterocycles. The third-order valence-corrected chi connectivity index (χ3v) is 5.80. The predicted molar refractivity (Wildman–Crippen MR) is 132 cm³/mol. The second-order valence-corrected chi connectivity index (χ2v) is 8.55. The van der Waals surface area contributed by atoms with Crippen LogP contribution in [0.4, 0.5) is 5.13 Å². The van der Waals surface area contributed by atoms with Crippen molar-refractivity contribution in [3.8, 4) is 22.8 Å². The fourth-order valence-electron chi connectivity index (χ4n) is 3.20. The highest BCUT2D eigenvalue weighted by atomic mass is 32.1. The summed E-state index contributed by atoms with van der Waals surface area (Å²) in [5.74, 6) is 1.36. The lowest BCUT2D eigenvalue weighted by Crippen LogP contribution is -1.98. The minimum Gasteiger partial charge on any atom is -0.493 e. The first kappa shape index (κ1) is 21.6. The first-order valence-corrected chi connectivity index (χ1v) is 11.1. The summed E-state index contributed by atoms with van der Waals surface area (Å²) in [5, 5.41) is 5.10. The molecule has 0 bridgehead atoms. The van der Waals surface area contributed by atoms with Crippen LogP contribution < -0.4 is 14.9 Å². The highest BCUT2D eigenvalue weighted by Crippen LogP contribution is 2.31. The lowest BCUT2D eigenvalue weighted by atomic mass is 10.1. The van der Waals surface area contributed by atoms with E-state index in [1.54, 1.807) is 24.7 Å². The molecule has 32 heavy (non-hydrogen) atoms. The van der Waals surface area contributed by atoms with Gasteiger partial charge in [0.05, 0.1) is 19.0 Å². The summed E-state index contributed by atoms with van der Waals surface area (Å²) in [6, 6.07) is 24.2. The van der Waals surface area contributed by atoms with Gasteiger partial charge in [0.2, 0.25) is 5.13 Å². The molecule has 1 aromatic heterocycles. The number of thiazole rings is 1. The van der Waals surface area contributed by atoms with Gasteiger partial charge in [0.15, 0.2) is 11.5 Å². The molecule has 0 saturated heterocycles. The molecule has 4 aromatic rings. The molecule has 0 aliphatic rings. The molecular weight excluding hydrogens is 418 g/mol. The lowest BCUT2D eigenvalue weighted by Gasteiger charge is -2.11. The van der Waals surface area contributed by atoms with Crippen LogP contribution in [0.25, 0.3) is 11.3 Å². The highest BCUT2D eigenvalue weighted by Gasteiger charge is 2.09. The van der Waals surface area contributed by atoms with Crippen LogP contribution in [0.5, 0.6) is 11.5 Å². The maximum Gasteiger partial charge on any atom is 0.204 e. The fraction of sp³-hybridized carbons (Fsp3) is 0.154. The van der Waals surface area contributed by atoms with Crippen LogP contribution in [0.2, 0.25) is 0 Å².